The fourth-order valence-corrected chi connectivity index (χ4v) is 5.60. The molecule has 5 rings (SSSR count). The number of halogens is 1. The van der Waals surface area contributed by atoms with Gasteiger partial charge in [0.1, 0.15) is 11.6 Å². The first-order valence-electron chi connectivity index (χ1n) is 11.5. The van der Waals surface area contributed by atoms with E-state index in [0.717, 1.165) is 18.4 Å². The maximum absolute atomic E-state index is 13.7. The van der Waals surface area contributed by atoms with Crippen molar-refractivity contribution >= 4 is 32.7 Å². The van der Waals surface area contributed by atoms with E-state index in [1.165, 1.54) is 24.4 Å². The summed E-state index contributed by atoms with van der Waals surface area (Å²) in [5.74, 6) is -0.763. The van der Waals surface area contributed by atoms with E-state index in [-0.39, 0.29) is 53.7 Å². The number of likely N-dealkylation sites (tertiary alicyclic amines) is 1. The predicted octanol–water partition coefficient (Wildman–Crippen LogP) is 0.703. The lowest BCUT2D eigenvalue weighted by molar-refractivity contribution is -0.118. The van der Waals surface area contributed by atoms with Crippen LogP contribution in [0, 0.1) is 11.7 Å². The Bertz CT molecular complexity index is 1480. The molecule has 36 heavy (non-hydrogen) atoms. The van der Waals surface area contributed by atoms with Crippen LogP contribution in [0.3, 0.4) is 0 Å². The summed E-state index contributed by atoms with van der Waals surface area (Å²) in [6, 6.07) is 7.55. The molecule has 1 saturated heterocycles. The van der Waals surface area contributed by atoms with Gasteiger partial charge in [0.2, 0.25) is 10.0 Å². The number of nitrogens with one attached hydrogen (secondary N) is 2. The molecular weight excluding hydrogens is 491 g/mol. The second kappa shape index (κ2) is 9.91. The lowest BCUT2D eigenvalue weighted by Gasteiger charge is -2.18. The Balaban J connectivity index is 1.14. The Kier molecular flexibility index (Phi) is 6.69. The fraction of sp³-hybridized carbons (Fsp3) is 0.391. The summed E-state index contributed by atoms with van der Waals surface area (Å²) in [4.78, 5) is 34.1. The number of rotatable bonds is 8. The third kappa shape index (κ3) is 5.53. The van der Waals surface area contributed by atoms with Crippen LogP contribution < -0.4 is 20.3 Å². The zero-order valence-corrected chi connectivity index (χ0v) is 20.1. The molecule has 0 radical (unpaired) electrons. The molecule has 0 spiro atoms. The molecule has 1 aromatic carbocycles. The fourth-order valence-electron chi connectivity index (χ4n) is 4.48. The average molecular weight is 517 g/mol. The number of aromatic nitrogens is 3. The van der Waals surface area contributed by atoms with E-state index in [1.807, 2.05) is 0 Å². The van der Waals surface area contributed by atoms with Crippen LogP contribution in [0.4, 0.5) is 10.2 Å². The van der Waals surface area contributed by atoms with Crippen molar-refractivity contribution in [3.8, 4) is 5.88 Å². The van der Waals surface area contributed by atoms with Gasteiger partial charge in [-0.1, -0.05) is 0 Å². The van der Waals surface area contributed by atoms with Gasteiger partial charge in [0.05, 0.1) is 17.4 Å². The standard InChI is InChI=1S/C23H25FN6O5S/c24-17-3-1-16-2-4-21(32)30(19(16)9-17)8-7-29-6-5-15(12-29)10-26-36(33,34)14-18-11-25-23-22(27-18)28-20(31)13-35-23/h1-4,9,11,15,26H,5-8,10,12-14H2,(H,27,28,31)/t15-/m1/s1. The van der Waals surface area contributed by atoms with Crippen LogP contribution in [-0.4, -0.2) is 66.5 Å². The Morgan fingerprint density at radius 3 is 2.89 bits per heavy atom. The molecule has 13 heteroatoms. The number of sulfonamides is 1. The largest absolute Gasteiger partial charge is 0.465 e. The zero-order valence-electron chi connectivity index (χ0n) is 19.3. The minimum atomic E-state index is -3.67. The van der Waals surface area contributed by atoms with E-state index in [0.29, 0.717) is 25.2 Å². The summed E-state index contributed by atoms with van der Waals surface area (Å²) in [5, 5.41) is 3.30. The van der Waals surface area contributed by atoms with Gasteiger partial charge < -0.3 is 19.5 Å². The lowest BCUT2D eigenvalue weighted by atomic mass is 10.1. The number of fused-ring (bicyclic) bond motifs is 2. The zero-order chi connectivity index (χ0) is 25.3. The average Bonchev–Trinajstić information content (AvgIpc) is 3.30. The van der Waals surface area contributed by atoms with Crippen molar-refractivity contribution in [3.63, 3.8) is 0 Å². The second-order valence-electron chi connectivity index (χ2n) is 8.94. The first kappa shape index (κ1) is 24.3. The van der Waals surface area contributed by atoms with Gasteiger partial charge in [-0.15, -0.1) is 0 Å². The van der Waals surface area contributed by atoms with Crippen molar-refractivity contribution in [1.82, 2.24) is 24.2 Å². The van der Waals surface area contributed by atoms with E-state index in [2.05, 4.69) is 24.9 Å². The minimum Gasteiger partial charge on any atom is -0.465 e. The van der Waals surface area contributed by atoms with Crippen molar-refractivity contribution < 1.29 is 22.3 Å². The number of pyridine rings is 1. The Hall–Kier alpha value is -3.42. The normalized spacial score (nSPS) is 18.1. The third-order valence-corrected chi connectivity index (χ3v) is 7.56. The van der Waals surface area contributed by atoms with Gasteiger partial charge in [0, 0.05) is 32.2 Å². The summed E-state index contributed by atoms with van der Waals surface area (Å²) >= 11 is 0. The molecule has 190 valence electrons. The topological polar surface area (TPSA) is 136 Å². The summed E-state index contributed by atoms with van der Waals surface area (Å²) < 4.78 is 48.3. The molecule has 3 aromatic rings. The summed E-state index contributed by atoms with van der Waals surface area (Å²) in [5.41, 5.74) is 0.562. The highest BCUT2D eigenvalue weighted by molar-refractivity contribution is 7.88. The molecule has 2 aromatic heterocycles. The molecule has 0 bridgehead atoms. The Morgan fingerprint density at radius 1 is 1.19 bits per heavy atom. The first-order valence-corrected chi connectivity index (χ1v) is 13.2. The number of ether oxygens (including phenoxy) is 1. The van der Waals surface area contributed by atoms with E-state index < -0.39 is 15.8 Å². The first-order chi connectivity index (χ1) is 17.3. The molecule has 2 aliphatic rings. The van der Waals surface area contributed by atoms with E-state index in [9.17, 15) is 22.4 Å². The SMILES string of the molecule is O=C1COc2ncc(CS(=O)(=O)NC[C@H]3CCN(CCn4c(=O)ccc5ccc(F)cc54)C3)nc2N1. The number of amides is 1. The van der Waals surface area contributed by atoms with E-state index in [1.54, 1.807) is 16.7 Å². The Morgan fingerprint density at radius 2 is 2.03 bits per heavy atom. The second-order valence-corrected chi connectivity index (χ2v) is 10.7. The molecule has 0 aliphatic carbocycles. The third-order valence-electron chi connectivity index (χ3n) is 6.28. The highest BCUT2D eigenvalue weighted by Crippen LogP contribution is 2.23. The van der Waals surface area contributed by atoms with Crippen LogP contribution in [0.15, 0.2) is 41.3 Å². The monoisotopic (exact) mass is 516 g/mol. The highest BCUT2D eigenvalue weighted by Gasteiger charge is 2.25. The molecule has 2 aliphatic heterocycles. The van der Waals surface area contributed by atoms with Crippen LogP contribution in [0.1, 0.15) is 12.1 Å². The molecule has 0 saturated carbocycles. The van der Waals surface area contributed by atoms with Crippen molar-refractivity contribution in [1.29, 1.82) is 0 Å². The van der Waals surface area contributed by atoms with Crippen molar-refractivity contribution in [2.24, 2.45) is 5.92 Å². The number of carbonyl (C=O) groups excluding carboxylic acids is 1. The van der Waals surface area contributed by atoms with Gasteiger partial charge in [0.25, 0.3) is 17.3 Å². The number of hydrogen-bond acceptors (Lipinski definition) is 8. The van der Waals surface area contributed by atoms with Crippen LogP contribution in [0.5, 0.6) is 5.88 Å². The molecule has 11 nitrogen and oxygen atoms in total. The van der Waals surface area contributed by atoms with E-state index in [4.69, 9.17) is 4.74 Å². The highest BCUT2D eigenvalue weighted by atomic mass is 32.2. The molecule has 1 atom stereocenters. The van der Waals surface area contributed by atoms with Crippen LogP contribution in [0.25, 0.3) is 10.9 Å². The Labute approximate surface area is 206 Å². The summed E-state index contributed by atoms with van der Waals surface area (Å²) in [6.07, 6.45) is 2.12. The quantitative estimate of drug-likeness (QED) is 0.447. The molecular formula is C23H25FN6O5S. The smallest absolute Gasteiger partial charge is 0.263 e. The lowest BCUT2D eigenvalue weighted by Crippen LogP contribution is -2.33. The number of benzene rings is 1. The van der Waals surface area contributed by atoms with Gasteiger partial charge in [-0.2, -0.15) is 0 Å². The van der Waals surface area contributed by atoms with Gasteiger partial charge in [-0.25, -0.2) is 27.5 Å². The van der Waals surface area contributed by atoms with Crippen molar-refractivity contribution in [2.45, 2.75) is 18.7 Å². The molecule has 0 unspecified atom stereocenters. The van der Waals surface area contributed by atoms with Crippen LogP contribution >= 0.6 is 0 Å². The molecule has 2 N–H and O–H groups in total. The van der Waals surface area contributed by atoms with Gasteiger partial charge in [-0.3, -0.25) is 9.59 Å². The minimum absolute atomic E-state index is 0.110. The molecule has 1 amide bonds. The predicted molar refractivity (Wildman–Crippen MR) is 129 cm³/mol. The maximum atomic E-state index is 13.7. The van der Waals surface area contributed by atoms with Crippen molar-refractivity contribution in [2.75, 3.05) is 38.1 Å². The number of carbonyl (C=O) groups is 1. The number of anilines is 1. The maximum Gasteiger partial charge on any atom is 0.263 e. The van der Waals surface area contributed by atoms with Crippen LogP contribution in [-0.2, 0) is 27.1 Å². The van der Waals surface area contributed by atoms with Gasteiger partial charge in [0.15, 0.2) is 12.4 Å². The van der Waals surface area contributed by atoms with Gasteiger partial charge >= 0.3 is 0 Å². The summed E-state index contributed by atoms with van der Waals surface area (Å²) in [7, 11) is -3.67. The van der Waals surface area contributed by atoms with E-state index >= 15 is 0 Å². The number of hydrogen-bond donors (Lipinski definition) is 2. The number of nitrogens with zero attached hydrogens (tertiary/aromatic N) is 4. The van der Waals surface area contributed by atoms with Crippen LogP contribution in [0.2, 0.25) is 0 Å². The van der Waals surface area contributed by atoms with Crippen molar-refractivity contribution in [3.05, 3.63) is 58.4 Å². The van der Waals surface area contributed by atoms with Gasteiger partial charge in [-0.05, 0) is 48.5 Å². The molecule has 4 heterocycles. The molecule has 1 fully saturated rings. The summed E-state index contributed by atoms with van der Waals surface area (Å²) in [6.45, 7) is 2.58.